The van der Waals surface area contributed by atoms with E-state index in [0.717, 1.165) is 25.7 Å². The van der Waals surface area contributed by atoms with E-state index in [0.29, 0.717) is 30.1 Å². The quantitative estimate of drug-likeness (QED) is 0.441. The van der Waals surface area contributed by atoms with Gasteiger partial charge in [0.05, 0.1) is 24.8 Å². The van der Waals surface area contributed by atoms with E-state index in [1.807, 2.05) is 20.8 Å². The third-order valence-corrected chi connectivity index (χ3v) is 7.08. The summed E-state index contributed by atoms with van der Waals surface area (Å²) < 4.78 is 6.33. The molecule has 0 bridgehead atoms. The number of urea groups is 2. The van der Waals surface area contributed by atoms with Crippen molar-refractivity contribution in [3.63, 3.8) is 0 Å². The van der Waals surface area contributed by atoms with Crippen molar-refractivity contribution in [3.05, 3.63) is 23.8 Å². The Morgan fingerprint density at radius 3 is 2.54 bits per heavy atom. The summed E-state index contributed by atoms with van der Waals surface area (Å²) in [6.07, 6.45) is 4.98. The summed E-state index contributed by atoms with van der Waals surface area (Å²) >= 11 is 0. The number of aliphatic hydroxyl groups excluding tert-OH is 1. The van der Waals surface area contributed by atoms with Crippen molar-refractivity contribution in [1.29, 1.82) is 0 Å². The first-order valence-electron chi connectivity index (χ1n) is 13.4. The molecule has 0 saturated heterocycles. The van der Waals surface area contributed by atoms with Gasteiger partial charge in [-0.3, -0.25) is 4.79 Å². The number of hydrogen-bond donors (Lipinski definition) is 4. The van der Waals surface area contributed by atoms with Gasteiger partial charge < -0.3 is 35.6 Å². The van der Waals surface area contributed by atoms with Gasteiger partial charge in [0.1, 0.15) is 11.9 Å². The van der Waals surface area contributed by atoms with Crippen LogP contribution < -0.4 is 20.7 Å². The summed E-state index contributed by atoms with van der Waals surface area (Å²) in [4.78, 5) is 41.9. The van der Waals surface area contributed by atoms with Gasteiger partial charge >= 0.3 is 12.1 Å². The highest BCUT2D eigenvalue weighted by Crippen LogP contribution is 2.31. The smallest absolute Gasteiger partial charge is 0.319 e. The van der Waals surface area contributed by atoms with E-state index in [-0.39, 0.29) is 42.6 Å². The lowest BCUT2D eigenvalue weighted by atomic mass is 9.96. The van der Waals surface area contributed by atoms with Crippen LogP contribution in [0.25, 0.3) is 0 Å². The average Bonchev–Trinajstić information content (AvgIpc) is 2.86. The molecule has 1 aromatic rings. The zero-order valence-electron chi connectivity index (χ0n) is 22.8. The maximum atomic E-state index is 13.6. The molecule has 2 aliphatic rings. The maximum absolute atomic E-state index is 13.6. The van der Waals surface area contributed by atoms with Crippen molar-refractivity contribution >= 4 is 23.7 Å². The van der Waals surface area contributed by atoms with Crippen molar-refractivity contribution in [3.8, 4) is 5.75 Å². The number of nitrogens with zero attached hydrogens (tertiary/aromatic N) is 2. The molecule has 206 valence electrons. The molecule has 1 aromatic carbocycles. The largest absolute Gasteiger partial charge is 0.487 e. The third kappa shape index (κ3) is 7.74. The maximum Gasteiger partial charge on any atom is 0.319 e. The Hall–Kier alpha value is -3.01. The fourth-order valence-electron chi connectivity index (χ4n) is 4.83. The SMILES string of the molecule is CC(C)NC(=O)N(C)C[C@@H]1Oc2ccc(NC(=O)NC3CCCCC3)cc2C(=O)N([C@@H](C)CO)C[C@H]1C. The van der Waals surface area contributed by atoms with Crippen LogP contribution in [0.1, 0.15) is 70.2 Å². The number of amides is 5. The summed E-state index contributed by atoms with van der Waals surface area (Å²) in [5, 5.41) is 18.6. The predicted molar refractivity (Wildman–Crippen MR) is 143 cm³/mol. The minimum Gasteiger partial charge on any atom is -0.487 e. The number of hydrogen-bond acceptors (Lipinski definition) is 5. The molecule has 37 heavy (non-hydrogen) atoms. The van der Waals surface area contributed by atoms with Crippen molar-refractivity contribution in [2.45, 2.75) is 84.0 Å². The van der Waals surface area contributed by atoms with Gasteiger partial charge in [-0.2, -0.15) is 0 Å². The number of anilines is 1. The summed E-state index contributed by atoms with van der Waals surface area (Å²) in [6.45, 7) is 8.05. The van der Waals surface area contributed by atoms with Gasteiger partial charge in [-0.1, -0.05) is 26.2 Å². The van der Waals surface area contributed by atoms with E-state index in [1.165, 1.54) is 6.42 Å². The highest BCUT2D eigenvalue weighted by atomic mass is 16.5. The van der Waals surface area contributed by atoms with Crippen molar-refractivity contribution < 1.29 is 24.2 Å². The van der Waals surface area contributed by atoms with Gasteiger partial charge in [0, 0.05) is 37.3 Å². The fraction of sp³-hybridized carbons (Fsp3) is 0.667. The molecule has 0 radical (unpaired) electrons. The Morgan fingerprint density at radius 1 is 1.19 bits per heavy atom. The molecule has 10 heteroatoms. The van der Waals surface area contributed by atoms with Crippen molar-refractivity contribution in [2.24, 2.45) is 5.92 Å². The fourth-order valence-corrected chi connectivity index (χ4v) is 4.83. The minimum absolute atomic E-state index is 0.00565. The van der Waals surface area contributed by atoms with Crippen LogP contribution in [0.3, 0.4) is 0 Å². The lowest BCUT2D eigenvalue weighted by Gasteiger charge is -2.38. The molecule has 0 spiro atoms. The molecule has 0 aromatic heterocycles. The number of nitrogens with one attached hydrogen (secondary N) is 3. The normalized spacial score (nSPS) is 21.3. The molecule has 1 fully saturated rings. The minimum atomic E-state index is -0.408. The summed E-state index contributed by atoms with van der Waals surface area (Å²) in [6, 6.07) is 4.29. The molecule has 1 heterocycles. The zero-order chi connectivity index (χ0) is 27.1. The molecule has 1 saturated carbocycles. The molecule has 5 amide bonds. The molecule has 4 N–H and O–H groups in total. The van der Waals surface area contributed by atoms with Crippen LogP contribution in [-0.2, 0) is 0 Å². The number of carbonyl (C=O) groups is 3. The van der Waals surface area contributed by atoms with E-state index in [4.69, 9.17) is 4.74 Å². The second-order valence-electron chi connectivity index (χ2n) is 10.8. The van der Waals surface area contributed by atoms with Crippen LogP contribution in [0.15, 0.2) is 18.2 Å². The van der Waals surface area contributed by atoms with Crippen molar-refractivity contribution in [1.82, 2.24) is 20.4 Å². The molecule has 3 atom stereocenters. The highest BCUT2D eigenvalue weighted by Gasteiger charge is 2.34. The highest BCUT2D eigenvalue weighted by molar-refractivity contribution is 5.99. The van der Waals surface area contributed by atoms with Crippen LogP contribution >= 0.6 is 0 Å². The van der Waals surface area contributed by atoms with E-state index < -0.39 is 12.1 Å². The number of carbonyl (C=O) groups excluding carboxylic acids is 3. The Morgan fingerprint density at radius 2 is 1.89 bits per heavy atom. The average molecular weight is 518 g/mol. The van der Waals surface area contributed by atoms with Crippen LogP contribution in [0.4, 0.5) is 15.3 Å². The standard InChI is InChI=1S/C27H43N5O5/c1-17(2)28-27(36)31(5)15-24-18(3)14-32(19(4)16-33)25(34)22-13-21(11-12-23(22)37-24)30-26(35)29-20-9-7-6-8-10-20/h11-13,17-20,24,33H,6-10,14-16H2,1-5H3,(H,28,36)(H2,29,30,35)/t18-,19+,24+/m1/s1. The Labute approximate surface area is 220 Å². The zero-order valence-corrected chi connectivity index (χ0v) is 22.8. The molecule has 0 unspecified atom stereocenters. The van der Waals surface area contributed by atoms with Crippen LogP contribution in [0, 0.1) is 5.92 Å². The first kappa shape index (κ1) is 28.6. The van der Waals surface area contributed by atoms with E-state index >= 15 is 0 Å². The summed E-state index contributed by atoms with van der Waals surface area (Å²) in [7, 11) is 1.71. The van der Waals surface area contributed by atoms with Crippen LogP contribution in [0.2, 0.25) is 0 Å². The predicted octanol–water partition coefficient (Wildman–Crippen LogP) is 3.41. The lowest BCUT2D eigenvalue weighted by molar-refractivity contribution is 0.0366. The van der Waals surface area contributed by atoms with Gasteiger partial charge in [0.15, 0.2) is 0 Å². The van der Waals surface area contributed by atoms with Crippen molar-refractivity contribution in [2.75, 3.05) is 32.1 Å². The Balaban J connectivity index is 1.83. The summed E-state index contributed by atoms with van der Waals surface area (Å²) in [5.41, 5.74) is 0.793. The molecular weight excluding hydrogens is 474 g/mol. The lowest BCUT2D eigenvalue weighted by Crippen LogP contribution is -2.51. The number of aliphatic hydroxyl groups is 1. The van der Waals surface area contributed by atoms with E-state index in [2.05, 4.69) is 16.0 Å². The number of likely N-dealkylation sites (N-methyl/N-ethyl adjacent to an activating group) is 1. The Bertz CT molecular complexity index is 949. The third-order valence-electron chi connectivity index (χ3n) is 7.08. The van der Waals surface area contributed by atoms with Gasteiger partial charge in [-0.15, -0.1) is 0 Å². The second-order valence-corrected chi connectivity index (χ2v) is 10.8. The number of fused-ring (bicyclic) bond motifs is 1. The molecule has 1 aliphatic heterocycles. The Kier molecular flexibility index (Phi) is 10.0. The monoisotopic (exact) mass is 517 g/mol. The summed E-state index contributed by atoms with van der Waals surface area (Å²) in [5.74, 6) is -0.00355. The molecule has 3 rings (SSSR count). The number of rotatable bonds is 7. The van der Waals surface area contributed by atoms with E-state index in [9.17, 15) is 19.5 Å². The van der Waals surface area contributed by atoms with Gasteiger partial charge in [-0.25, -0.2) is 9.59 Å². The van der Waals surface area contributed by atoms with Gasteiger partial charge in [-0.05, 0) is 51.8 Å². The number of ether oxygens (including phenoxy) is 1. The first-order chi connectivity index (χ1) is 17.6. The second kappa shape index (κ2) is 13.0. The van der Waals surface area contributed by atoms with E-state index in [1.54, 1.807) is 42.0 Å². The molecule has 1 aliphatic carbocycles. The van der Waals surface area contributed by atoms with Gasteiger partial charge in [0.25, 0.3) is 5.91 Å². The van der Waals surface area contributed by atoms with Gasteiger partial charge in [0.2, 0.25) is 0 Å². The number of benzene rings is 1. The molecular formula is C27H43N5O5. The van der Waals surface area contributed by atoms with Crippen LogP contribution in [0.5, 0.6) is 5.75 Å². The molecule has 10 nitrogen and oxygen atoms in total. The first-order valence-corrected chi connectivity index (χ1v) is 13.4. The van der Waals surface area contributed by atoms with Crippen LogP contribution in [-0.4, -0.2) is 83.8 Å². The topological polar surface area (TPSA) is 123 Å².